The van der Waals surface area contributed by atoms with Crippen LogP contribution in [0.2, 0.25) is 0 Å². The second kappa shape index (κ2) is 8.58. The molecule has 0 aliphatic rings. The summed E-state index contributed by atoms with van der Waals surface area (Å²) in [7, 11) is 0. The van der Waals surface area contributed by atoms with E-state index in [4.69, 9.17) is 0 Å². The van der Waals surface area contributed by atoms with Gasteiger partial charge in [-0.25, -0.2) is 33.7 Å². The van der Waals surface area contributed by atoms with Gasteiger partial charge in [0.2, 0.25) is 11.7 Å². The summed E-state index contributed by atoms with van der Waals surface area (Å²) in [5, 5.41) is 5.35. The van der Waals surface area contributed by atoms with Crippen LogP contribution in [0.1, 0.15) is 37.5 Å². The molecule has 0 saturated heterocycles. The second-order valence-electron chi connectivity index (χ2n) is 6.66. The fourth-order valence-electron chi connectivity index (χ4n) is 2.62. The van der Waals surface area contributed by atoms with E-state index in [-0.39, 0.29) is 40.2 Å². The highest BCUT2D eigenvalue weighted by atomic mass is 19.3. The molecule has 3 aromatic heterocycles. The van der Waals surface area contributed by atoms with Gasteiger partial charge in [-0.2, -0.15) is 8.78 Å². The van der Waals surface area contributed by atoms with Gasteiger partial charge >= 0.3 is 5.92 Å². The van der Waals surface area contributed by atoms with Crippen LogP contribution in [0.25, 0.3) is 11.3 Å². The Kier molecular flexibility index (Phi) is 6.09. The first-order valence-electron chi connectivity index (χ1n) is 8.92. The largest absolute Gasteiger partial charge is 0.339 e. The van der Waals surface area contributed by atoms with Crippen LogP contribution >= 0.6 is 0 Å². The topological polar surface area (TPSA) is 106 Å². The average molecular weight is 435 g/mol. The molecule has 31 heavy (non-hydrogen) atoms. The highest BCUT2D eigenvalue weighted by Gasteiger charge is 2.29. The van der Waals surface area contributed by atoms with Crippen molar-refractivity contribution < 1.29 is 22.4 Å². The molecule has 0 spiro atoms. The van der Waals surface area contributed by atoms with E-state index in [1.807, 2.05) is 0 Å². The Balaban J connectivity index is 2.10. The fraction of sp³-hybridized carbons (Fsp3) is 0.263. The highest BCUT2D eigenvalue weighted by molar-refractivity contribution is 5.89. The predicted octanol–water partition coefficient (Wildman–Crippen LogP) is 4.39. The summed E-state index contributed by atoms with van der Waals surface area (Å²) >= 11 is 0. The molecule has 0 unspecified atom stereocenters. The van der Waals surface area contributed by atoms with Crippen LogP contribution < -0.4 is 10.6 Å². The smallest absolute Gasteiger partial charge is 0.303 e. The summed E-state index contributed by atoms with van der Waals surface area (Å²) in [4.78, 5) is 30.5. The van der Waals surface area contributed by atoms with E-state index in [9.17, 15) is 22.4 Å². The first-order valence-corrected chi connectivity index (χ1v) is 8.92. The van der Waals surface area contributed by atoms with Crippen LogP contribution in [0.3, 0.4) is 0 Å². The maximum absolute atomic E-state index is 13.7. The highest BCUT2D eigenvalue weighted by Crippen LogP contribution is 2.32. The molecule has 162 valence electrons. The van der Waals surface area contributed by atoms with E-state index < -0.39 is 23.9 Å². The molecule has 3 rings (SSSR count). The number of carbonyl (C=O) groups excluding carboxylic acids is 1. The zero-order chi connectivity index (χ0) is 22.8. The molecule has 1 amide bonds. The van der Waals surface area contributed by atoms with Crippen LogP contribution in [0, 0.1) is 6.92 Å². The quantitative estimate of drug-likeness (QED) is 0.553. The summed E-state index contributed by atoms with van der Waals surface area (Å²) in [6, 6.07) is 3.92. The monoisotopic (exact) mass is 435 g/mol. The number of amides is 1. The Morgan fingerprint density at radius 2 is 1.81 bits per heavy atom. The van der Waals surface area contributed by atoms with E-state index >= 15 is 0 Å². The number of hydrogen-bond donors (Lipinski definition) is 2. The van der Waals surface area contributed by atoms with Crippen LogP contribution in [-0.2, 0) is 10.7 Å². The van der Waals surface area contributed by atoms with Gasteiger partial charge in [0.1, 0.15) is 23.7 Å². The average Bonchev–Trinajstić information content (AvgIpc) is 2.66. The van der Waals surface area contributed by atoms with Gasteiger partial charge in [0, 0.05) is 43.4 Å². The third kappa shape index (κ3) is 5.47. The van der Waals surface area contributed by atoms with Gasteiger partial charge in [-0.3, -0.25) is 4.79 Å². The normalized spacial score (nSPS) is 11.5. The fourth-order valence-corrected chi connectivity index (χ4v) is 2.62. The molecule has 0 aliphatic heterocycles. The maximum atomic E-state index is 13.7. The molecule has 0 radical (unpaired) electrons. The number of nitrogens with zero attached hydrogens (tertiary/aromatic N) is 5. The predicted molar refractivity (Wildman–Crippen MR) is 104 cm³/mol. The van der Waals surface area contributed by atoms with Crippen molar-refractivity contribution in [2.45, 2.75) is 33.1 Å². The number of carbonyl (C=O) groups is 1. The molecule has 2 N–H and O–H groups in total. The Labute approximate surface area is 174 Å². The number of aromatic nitrogens is 5. The lowest BCUT2D eigenvalue weighted by molar-refractivity contribution is -0.114. The molecular formula is C19H17F4N7O. The Hall–Kier alpha value is -3.70. The van der Waals surface area contributed by atoms with E-state index in [0.29, 0.717) is 6.92 Å². The Morgan fingerprint density at radius 3 is 2.45 bits per heavy atom. The van der Waals surface area contributed by atoms with Crippen LogP contribution in [0.15, 0.2) is 30.7 Å². The summed E-state index contributed by atoms with van der Waals surface area (Å²) < 4.78 is 53.6. The van der Waals surface area contributed by atoms with Crippen LogP contribution in [0.4, 0.5) is 34.9 Å². The molecule has 3 heterocycles. The summed E-state index contributed by atoms with van der Waals surface area (Å²) in [6.45, 7) is 3.48. The van der Waals surface area contributed by atoms with Crippen LogP contribution in [0.5, 0.6) is 0 Å². The minimum atomic E-state index is -3.27. The minimum Gasteiger partial charge on any atom is -0.339 e. The lowest BCUT2D eigenvalue weighted by Crippen LogP contribution is -2.14. The summed E-state index contributed by atoms with van der Waals surface area (Å²) in [6.07, 6.45) is -0.537. The van der Waals surface area contributed by atoms with Crippen molar-refractivity contribution in [3.05, 3.63) is 47.9 Å². The van der Waals surface area contributed by atoms with Crippen molar-refractivity contribution >= 4 is 23.2 Å². The van der Waals surface area contributed by atoms with Gasteiger partial charge in [0.15, 0.2) is 0 Å². The zero-order valence-electron chi connectivity index (χ0n) is 16.6. The molecule has 0 aromatic carbocycles. The number of anilines is 3. The number of nitrogens with one attached hydrogen (secondary N) is 2. The van der Waals surface area contributed by atoms with Crippen molar-refractivity contribution in [2.24, 2.45) is 0 Å². The lowest BCUT2D eigenvalue weighted by Gasteiger charge is -2.15. The summed E-state index contributed by atoms with van der Waals surface area (Å²) in [5.74, 6) is -4.17. The third-order valence-corrected chi connectivity index (χ3v) is 3.91. The summed E-state index contributed by atoms with van der Waals surface area (Å²) in [5.41, 5.74) is 0.406. The number of hydrogen-bond acceptors (Lipinski definition) is 7. The Bertz CT molecular complexity index is 1120. The van der Waals surface area contributed by atoms with Gasteiger partial charge in [0.05, 0.1) is 11.4 Å². The molecule has 0 aliphatic carbocycles. The van der Waals surface area contributed by atoms with Crippen molar-refractivity contribution in [1.82, 2.24) is 24.9 Å². The number of aryl methyl sites for hydroxylation is 1. The van der Waals surface area contributed by atoms with Gasteiger partial charge in [-0.05, 0) is 13.0 Å². The number of rotatable bonds is 6. The number of halogens is 4. The van der Waals surface area contributed by atoms with Gasteiger partial charge in [0.25, 0.3) is 6.43 Å². The van der Waals surface area contributed by atoms with E-state index in [2.05, 4.69) is 35.6 Å². The standard InChI is InChI=1S/C19H17F4N7O/c1-9-4-16(30-18(27-9)19(3,22)23)29-13-6-15(28-10(2)31)24-7-11(13)12-5-14(17(20)21)26-8-25-12/h4-8,17H,1-3H3,(H2,24,27,28,29,30,31). The van der Waals surface area contributed by atoms with Crippen molar-refractivity contribution in [3.63, 3.8) is 0 Å². The maximum Gasteiger partial charge on any atom is 0.303 e. The molecule has 0 atom stereocenters. The molecule has 0 fully saturated rings. The first kappa shape index (κ1) is 22.0. The lowest BCUT2D eigenvalue weighted by atomic mass is 10.1. The van der Waals surface area contributed by atoms with E-state index in [1.165, 1.54) is 32.2 Å². The molecule has 8 nitrogen and oxygen atoms in total. The molecule has 12 heteroatoms. The second-order valence-corrected chi connectivity index (χ2v) is 6.66. The van der Waals surface area contributed by atoms with Crippen molar-refractivity contribution in [1.29, 1.82) is 0 Å². The molecule has 0 bridgehead atoms. The number of pyridine rings is 1. The van der Waals surface area contributed by atoms with Gasteiger partial charge in [-0.15, -0.1) is 0 Å². The molecular weight excluding hydrogens is 418 g/mol. The minimum absolute atomic E-state index is 0.0355. The van der Waals surface area contributed by atoms with Gasteiger partial charge in [-0.1, -0.05) is 0 Å². The van der Waals surface area contributed by atoms with E-state index in [0.717, 1.165) is 12.4 Å². The number of alkyl halides is 4. The van der Waals surface area contributed by atoms with Crippen molar-refractivity contribution in [2.75, 3.05) is 10.6 Å². The third-order valence-electron chi connectivity index (χ3n) is 3.91. The van der Waals surface area contributed by atoms with E-state index in [1.54, 1.807) is 0 Å². The zero-order valence-corrected chi connectivity index (χ0v) is 16.6. The molecule has 3 aromatic rings. The first-order chi connectivity index (χ1) is 14.5. The van der Waals surface area contributed by atoms with Crippen molar-refractivity contribution in [3.8, 4) is 11.3 Å². The molecule has 0 saturated carbocycles. The Morgan fingerprint density at radius 1 is 1.06 bits per heavy atom. The van der Waals surface area contributed by atoms with Gasteiger partial charge < -0.3 is 10.6 Å². The van der Waals surface area contributed by atoms with Crippen LogP contribution in [-0.4, -0.2) is 30.8 Å². The SMILES string of the molecule is CC(=O)Nc1cc(Nc2cc(C)nc(C(C)(F)F)n2)c(-c2cc(C(F)F)ncn2)cn1.